The van der Waals surface area contributed by atoms with E-state index < -0.39 is 0 Å². The van der Waals surface area contributed by atoms with Crippen LogP contribution in [0.1, 0.15) is 26.8 Å². The molecule has 0 fully saturated rings. The standard InChI is InChI=1S/C12H16N4O2S/c1-7-6-8(2)16(15-7)12-14-9(3)10(19-12)11(18)13-4-5-17/h6,17H,4-5H2,1-3H3,(H,13,18). The Labute approximate surface area is 115 Å². The molecule has 1 amide bonds. The van der Waals surface area contributed by atoms with Gasteiger partial charge in [0.15, 0.2) is 0 Å². The molecule has 0 aliphatic carbocycles. The predicted octanol–water partition coefficient (Wildman–Crippen LogP) is 0.976. The smallest absolute Gasteiger partial charge is 0.263 e. The Hall–Kier alpha value is -1.73. The first-order chi connectivity index (χ1) is 9.02. The average molecular weight is 280 g/mol. The number of nitrogens with one attached hydrogen (secondary N) is 1. The molecule has 0 atom stereocenters. The van der Waals surface area contributed by atoms with Gasteiger partial charge >= 0.3 is 0 Å². The molecular weight excluding hydrogens is 264 g/mol. The molecule has 2 rings (SSSR count). The van der Waals surface area contributed by atoms with Crippen molar-refractivity contribution in [1.29, 1.82) is 0 Å². The first kappa shape index (κ1) is 13.7. The Bertz CT molecular complexity index is 603. The molecule has 2 heterocycles. The third-order valence-corrected chi connectivity index (χ3v) is 3.71. The monoisotopic (exact) mass is 280 g/mol. The number of rotatable bonds is 4. The van der Waals surface area contributed by atoms with Crippen molar-refractivity contribution in [3.8, 4) is 5.13 Å². The summed E-state index contributed by atoms with van der Waals surface area (Å²) in [7, 11) is 0. The molecule has 2 N–H and O–H groups in total. The Balaban J connectivity index is 2.31. The molecule has 0 spiro atoms. The van der Waals surface area contributed by atoms with E-state index in [-0.39, 0.29) is 19.1 Å². The molecule has 0 aliphatic rings. The van der Waals surface area contributed by atoms with Gasteiger partial charge in [0.1, 0.15) is 4.88 Å². The SMILES string of the molecule is Cc1cc(C)n(-c2nc(C)c(C(=O)NCCO)s2)n1. The van der Waals surface area contributed by atoms with E-state index in [1.165, 1.54) is 11.3 Å². The fraction of sp³-hybridized carbons (Fsp3) is 0.417. The molecule has 7 heteroatoms. The lowest BCUT2D eigenvalue weighted by atomic mass is 10.4. The fourth-order valence-electron chi connectivity index (χ4n) is 1.76. The van der Waals surface area contributed by atoms with E-state index in [1.807, 2.05) is 19.9 Å². The van der Waals surface area contributed by atoms with Gasteiger partial charge < -0.3 is 10.4 Å². The summed E-state index contributed by atoms with van der Waals surface area (Å²) in [6.07, 6.45) is 0. The number of carbonyl (C=O) groups excluding carboxylic acids is 1. The second-order valence-corrected chi connectivity index (χ2v) is 5.21. The van der Waals surface area contributed by atoms with Crippen molar-refractivity contribution in [2.24, 2.45) is 0 Å². The van der Waals surface area contributed by atoms with E-state index in [0.717, 1.165) is 11.4 Å². The normalized spacial score (nSPS) is 10.7. The number of aromatic nitrogens is 3. The highest BCUT2D eigenvalue weighted by molar-refractivity contribution is 7.16. The first-order valence-electron chi connectivity index (χ1n) is 5.93. The summed E-state index contributed by atoms with van der Waals surface area (Å²) in [5, 5.41) is 16.4. The van der Waals surface area contributed by atoms with Gasteiger partial charge in [-0.15, -0.1) is 0 Å². The third kappa shape index (κ3) is 2.82. The molecule has 0 saturated heterocycles. The van der Waals surface area contributed by atoms with Gasteiger partial charge in [-0.05, 0) is 26.8 Å². The van der Waals surface area contributed by atoms with Gasteiger partial charge in [-0.25, -0.2) is 9.67 Å². The molecule has 19 heavy (non-hydrogen) atoms. The van der Waals surface area contributed by atoms with Crippen LogP contribution in [0.5, 0.6) is 0 Å². The topological polar surface area (TPSA) is 80.0 Å². The summed E-state index contributed by atoms with van der Waals surface area (Å²) in [6.45, 7) is 5.82. The maximum Gasteiger partial charge on any atom is 0.263 e. The third-order valence-electron chi connectivity index (χ3n) is 2.58. The maximum absolute atomic E-state index is 11.9. The lowest BCUT2D eigenvalue weighted by Crippen LogP contribution is -2.26. The zero-order valence-electron chi connectivity index (χ0n) is 11.1. The van der Waals surface area contributed by atoms with Gasteiger partial charge in [-0.2, -0.15) is 5.10 Å². The van der Waals surface area contributed by atoms with E-state index in [2.05, 4.69) is 15.4 Å². The summed E-state index contributed by atoms with van der Waals surface area (Å²) in [5.74, 6) is -0.211. The second-order valence-electron chi connectivity index (χ2n) is 4.23. The maximum atomic E-state index is 11.9. The van der Waals surface area contributed by atoms with Crippen LogP contribution in [0, 0.1) is 20.8 Å². The first-order valence-corrected chi connectivity index (χ1v) is 6.74. The highest BCUT2D eigenvalue weighted by atomic mass is 32.1. The zero-order chi connectivity index (χ0) is 14.0. The summed E-state index contributed by atoms with van der Waals surface area (Å²) in [5.41, 5.74) is 2.56. The number of nitrogens with zero attached hydrogens (tertiary/aromatic N) is 3. The van der Waals surface area contributed by atoms with E-state index in [0.29, 0.717) is 15.7 Å². The van der Waals surface area contributed by atoms with Crippen LogP contribution >= 0.6 is 11.3 Å². The van der Waals surface area contributed by atoms with Gasteiger partial charge in [0.25, 0.3) is 5.91 Å². The largest absolute Gasteiger partial charge is 0.395 e. The Kier molecular flexibility index (Phi) is 3.96. The van der Waals surface area contributed by atoms with Crippen LogP contribution in [-0.4, -0.2) is 38.9 Å². The molecular formula is C12H16N4O2S. The van der Waals surface area contributed by atoms with Crippen LogP contribution in [0.4, 0.5) is 0 Å². The Morgan fingerprint density at radius 3 is 2.79 bits per heavy atom. The lowest BCUT2D eigenvalue weighted by molar-refractivity contribution is 0.0948. The summed E-state index contributed by atoms with van der Waals surface area (Å²) in [6, 6.07) is 1.96. The van der Waals surface area contributed by atoms with Gasteiger partial charge in [0, 0.05) is 12.2 Å². The van der Waals surface area contributed by atoms with Crippen molar-refractivity contribution in [2.45, 2.75) is 20.8 Å². The van der Waals surface area contributed by atoms with Crippen LogP contribution in [0.25, 0.3) is 5.13 Å². The van der Waals surface area contributed by atoms with E-state index in [9.17, 15) is 4.79 Å². The molecule has 0 bridgehead atoms. The molecule has 6 nitrogen and oxygen atoms in total. The minimum atomic E-state index is -0.211. The van der Waals surface area contributed by atoms with Crippen LogP contribution in [0.2, 0.25) is 0 Å². The number of amides is 1. The molecule has 0 aliphatic heterocycles. The van der Waals surface area contributed by atoms with Gasteiger partial charge in [-0.1, -0.05) is 11.3 Å². The number of hydrogen-bond acceptors (Lipinski definition) is 5. The summed E-state index contributed by atoms with van der Waals surface area (Å²) in [4.78, 5) is 16.8. The van der Waals surface area contributed by atoms with Crippen LogP contribution in [-0.2, 0) is 0 Å². The van der Waals surface area contributed by atoms with E-state index in [4.69, 9.17) is 5.11 Å². The molecule has 0 radical (unpaired) electrons. The molecule has 0 unspecified atom stereocenters. The van der Waals surface area contributed by atoms with Crippen molar-refractivity contribution >= 4 is 17.2 Å². The van der Waals surface area contributed by atoms with Crippen LogP contribution in [0.15, 0.2) is 6.07 Å². The molecule has 2 aromatic rings. The van der Waals surface area contributed by atoms with Crippen molar-refractivity contribution in [3.05, 3.63) is 28.0 Å². The van der Waals surface area contributed by atoms with Crippen molar-refractivity contribution in [2.75, 3.05) is 13.2 Å². The molecule has 2 aromatic heterocycles. The zero-order valence-corrected chi connectivity index (χ0v) is 11.9. The Morgan fingerprint density at radius 2 is 2.21 bits per heavy atom. The Morgan fingerprint density at radius 1 is 1.47 bits per heavy atom. The van der Waals surface area contributed by atoms with Crippen LogP contribution < -0.4 is 5.32 Å². The van der Waals surface area contributed by atoms with Gasteiger partial charge in [0.05, 0.1) is 18.0 Å². The van der Waals surface area contributed by atoms with Crippen molar-refractivity contribution in [3.63, 3.8) is 0 Å². The number of aliphatic hydroxyl groups excluding tert-OH is 1. The van der Waals surface area contributed by atoms with Gasteiger partial charge in [0.2, 0.25) is 5.13 Å². The van der Waals surface area contributed by atoms with Crippen molar-refractivity contribution in [1.82, 2.24) is 20.1 Å². The molecule has 0 saturated carbocycles. The highest BCUT2D eigenvalue weighted by Gasteiger charge is 2.17. The number of hydrogen-bond donors (Lipinski definition) is 2. The number of aryl methyl sites for hydroxylation is 3. The number of thiazole rings is 1. The minimum Gasteiger partial charge on any atom is -0.395 e. The molecule has 102 valence electrons. The molecule has 0 aromatic carbocycles. The van der Waals surface area contributed by atoms with Crippen LogP contribution in [0.3, 0.4) is 0 Å². The second kappa shape index (κ2) is 5.50. The van der Waals surface area contributed by atoms with Crippen molar-refractivity contribution < 1.29 is 9.90 Å². The fourth-order valence-corrected chi connectivity index (χ4v) is 2.75. The van der Waals surface area contributed by atoms with E-state index in [1.54, 1.807) is 11.6 Å². The quantitative estimate of drug-likeness (QED) is 0.874. The average Bonchev–Trinajstić information content (AvgIpc) is 2.89. The predicted molar refractivity (Wildman–Crippen MR) is 72.9 cm³/mol. The van der Waals surface area contributed by atoms with Gasteiger partial charge in [-0.3, -0.25) is 4.79 Å². The number of carbonyl (C=O) groups is 1. The van der Waals surface area contributed by atoms with E-state index >= 15 is 0 Å². The lowest BCUT2D eigenvalue weighted by Gasteiger charge is -2.00. The summed E-state index contributed by atoms with van der Waals surface area (Å²) >= 11 is 1.29. The minimum absolute atomic E-state index is 0.0755. The number of aliphatic hydroxyl groups is 1. The highest BCUT2D eigenvalue weighted by Crippen LogP contribution is 2.22. The summed E-state index contributed by atoms with van der Waals surface area (Å²) < 4.78 is 1.73.